The molecular weight excluding hydrogens is 505 g/mol. The summed E-state index contributed by atoms with van der Waals surface area (Å²) in [6.45, 7) is 3.12. The van der Waals surface area contributed by atoms with Gasteiger partial charge in [-0.1, -0.05) is 45.4 Å². The smallest absolute Gasteiger partial charge is 0.307 e. The van der Waals surface area contributed by atoms with Gasteiger partial charge in [0.25, 0.3) is 0 Å². The topological polar surface area (TPSA) is 96.7 Å². The molecule has 3 aliphatic rings. The molecule has 2 N–H and O–H groups in total. The number of aliphatic carboxylic acids is 1. The van der Waals surface area contributed by atoms with Crippen molar-refractivity contribution in [3.05, 3.63) is 42.2 Å². The summed E-state index contributed by atoms with van der Waals surface area (Å²) in [4.78, 5) is 29.8. The molecule has 4 aromatic rings. The van der Waals surface area contributed by atoms with E-state index in [1.165, 1.54) is 50.8 Å². The van der Waals surface area contributed by atoms with Crippen molar-refractivity contribution < 1.29 is 14.3 Å². The monoisotopic (exact) mass is 545 g/mol. The number of carboxylic acid groups (broad SMARTS) is 1. The Labute approximate surface area is 234 Å². The van der Waals surface area contributed by atoms with Crippen molar-refractivity contribution in [1.29, 1.82) is 0 Å². The van der Waals surface area contributed by atoms with Crippen LogP contribution in [0.25, 0.3) is 33.5 Å². The SMILES string of the molecule is CCCCCCCCCn1ccc2c(CC3C4CCC(CC4)C3C(=O)O)nc(-c3c[nH]c4ncc(F)cc34)nc21. The van der Waals surface area contributed by atoms with Gasteiger partial charge in [-0.3, -0.25) is 4.79 Å². The molecule has 3 fully saturated rings. The quantitative estimate of drug-likeness (QED) is 0.179. The van der Waals surface area contributed by atoms with Gasteiger partial charge in [0.2, 0.25) is 0 Å². The third-order valence-electron chi connectivity index (χ3n) is 9.54. The highest BCUT2D eigenvalue weighted by atomic mass is 19.1. The number of fused-ring (bicyclic) bond motifs is 5. The second kappa shape index (κ2) is 11.7. The van der Waals surface area contributed by atoms with Gasteiger partial charge in [-0.15, -0.1) is 0 Å². The van der Waals surface area contributed by atoms with Gasteiger partial charge in [-0.2, -0.15) is 0 Å². The predicted molar refractivity (Wildman–Crippen MR) is 154 cm³/mol. The molecule has 4 aromatic heterocycles. The van der Waals surface area contributed by atoms with Crippen molar-refractivity contribution in [2.24, 2.45) is 23.7 Å². The maximum absolute atomic E-state index is 14.2. The average Bonchev–Trinajstić information content (AvgIpc) is 3.57. The number of nitrogens with one attached hydrogen (secondary N) is 1. The number of aromatic amines is 1. The normalized spacial score (nSPS) is 22.4. The Hall–Kier alpha value is -3.29. The number of hydrogen-bond acceptors (Lipinski definition) is 4. The van der Waals surface area contributed by atoms with Crippen LogP contribution in [0, 0.1) is 29.5 Å². The third kappa shape index (κ3) is 5.25. The van der Waals surface area contributed by atoms with Gasteiger partial charge in [0, 0.05) is 35.3 Å². The lowest BCUT2D eigenvalue weighted by Gasteiger charge is -2.46. The molecule has 2 atom stereocenters. The predicted octanol–water partition coefficient (Wildman–Crippen LogP) is 7.54. The fourth-order valence-electron chi connectivity index (χ4n) is 7.46. The maximum Gasteiger partial charge on any atom is 0.307 e. The molecule has 3 saturated carbocycles. The first-order valence-electron chi connectivity index (χ1n) is 15.2. The third-order valence-corrected chi connectivity index (χ3v) is 9.54. The van der Waals surface area contributed by atoms with Crippen LogP contribution in [0.15, 0.2) is 30.7 Å². The minimum absolute atomic E-state index is 0.0736. The highest BCUT2D eigenvalue weighted by Gasteiger charge is 2.47. The van der Waals surface area contributed by atoms with Crippen LogP contribution in [0.3, 0.4) is 0 Å². The zero-order chi connectivity index (χ0) is 27.6. The standard InChI is InChI=1S/C32H40FN5O2/c1-2-3-4-5-6-7-8-14-38-15-13-23-27(17-24-20-9-11-21(12-10-20)28(24)32(39)40)36-30(37-31(23)38)26-19-35-29-25(26)16-22(33)18-34-29/h13,15-16,18-21,24,28H,2-12,14,17H2,1H3,(H,34,35)(H,39,40). The Bertz CT molecular complexity index is 1490. The van der Waals surface area contributed by atoms with Gasteiger partial charge in [0.05, 0.1) is 17.8 Å². The molecule has 2 bridgehead atoms. The Balaban J connectivity index is 1.35. The molecule has 0 amide bonds. The zero-order valence-electron chi connectivity index (χ0n) is 23.4. The Morgan fingerprint density at radius 1 is 1.05 bits per heavy atom. The molecule has 8 heteroatoms. The summed E-state index contributed by atoms with van der Waals surface area (Å²) in [7, 11) is 0. The number of carbonyl (C=O) groups is 1. The molecule has 0 aromatic carbocycles. The lowest BCUT2D eigenvalue weighted by Crippen LogP contribution is -2.45. The van der Waals surface area contributed by atoms with Gasteiger partial charge >= 0.3 is 5.97 Å². The number of nitrogens with zero attached hydrogens (tertiary/aromatic N) is 4. The lowest BCUT2D eigenvalue weighted by atomic mass is 9.57. The van der Waals surface area contributed by atoms with Crippen LogP contribution in [0.2, 0.25) is 0 Å². The molecule has 4 heterocycles. The second-order valence-electron chi connectivity index (χ2n) is 12.0. The number of halogens is 1. The number of unbranched alkanes of at least 4 members (excludes halogenated alkanes) is 6. The number of aromatic nitrogens is 5. The summed E-state index contributed by atoms with van der Waals surface area (Å²) in [6.07, 6.45) is 18.7. The van der Waals surface area contributed by atoms with E-state index in [2.05, 4.69) is 33.7 Å². The van der Waals surface area contributed by atoms with E-state index >= 15 is 0 Å². The first-order chi connectivity index (χ1) is 19.5. The van der Waals surface area contributed by atoms with Crippen LogP contribution in [0.1, 0.15) is 83.2 Å². The van der Waals surface area contributed by atoms with E-state index in [1.807, 2.05) is 0 Å². The summed E-state index contributed by atoms with van der Waals surface area (Å²) < 4.78 is 16.4. The van der Waals surface area contributed by atoms with Crippen LogP contribution in [0.4, 0.5) is 4.39 Å². The lowest BCUT2D eigenvalue weighted by molar-refractivity contribution is -0.152. The van der Waals surface area contributed by atoms with Crippen LogP contribution in [-0.4, -0.2) is 35.6 Å². The van der Waals surface area contributed by atoms with E-state index in [1.54, 1.807) is 6.20 Å². The van der Waals surface area contributed by atoms with E-state index in [9.17, 15) is 14.3 Å². The van der Waals surface area contributed by atoms with Gasteiger partial charge in [-0.05, 0) is 68.4 Å². The Kier molecular flexibility index (Phi) is 7.85. The van der Waals surface area contributed by atoms with Crippen molar-refractivity contribution >= 4 is 28.0 Å². The summed E-state index contributed by atoms with van der Waals surface area (Å²) >= 11 is 0. The largest absolute Gasteiger partial charge is 0.481 e. The van der Waals surface area contributed by atoms with Crippen LogP contribution in [-0.2, 0) is 17.8 Å². The molecule has 212 valence electrons. The molecular formula is C32H40FN5O2. The van der Waals surface area contributed by atoms with Crippen molar-refractivity contribution in [3.8, 4) is 11.4 Å². The Morgan fingerprint density at radius 3 is 2.58 bits per heavy atom. The highest BCUT2D eigenvalue weighted by Crippen LogP contribution is 2.50. The van der Waals surface area contributed by atoms with E-state index in [4.69, 9.17) is 9.97 Å². The molecule has 2 unspecified atom stereocenters. The van der Waals surface area contributed by atoms with E-state index in [0.29, 0.717) is 34.8 Å². The fourth-order valence-corrected chi connectivity index (χ4v) is 7.46. The van der Waals surface area contributed by atoms with E-state index < -0.39 is 11.8 Å². The average molecular weight is 546 g/mol. The van der Waals surface area contributed by atoms with Crippen LogP contribution < -0.4 is 0 Å². The summed E-state index contributed by atoms with van der Waals surface area (Å²) in [6, 6.07) is 3.57. The zero-order valence-corrected chi connectivity index (χ0v) is 23.4. The van der Waals surface area contributed by atoms with Gasteiger partial charge in [0.1, 0.15) is 17.1 Å². The first-order valence-corrected chi connectivity index (χ1v) is 15.2. The number of carboxylic acids is 1. The molecule has 7 nitrogen and oxygen atoms in total. The van der Waals surface area contributed by atoms with Crippen molar-refractivity contribution in [3.63, 3.8) is 0 Å². The number of rotatable bonds is 12. The fraction of sp³-hybridized carbons (Fsp3) is 0.562. The molecule has 40 heavy (non-hydrogen) atoms. The summed E-state index contributed by atoms with van der Waals surface area (Å²) in [5.41, 5.74) is 3.09. The molecule has 0 spiro atoms. The molecule has 0 aliphatic heterocycles. The number of H-pyrrole nitrogens is 1. The molecule has 7 rings (SSSR count). The molecule has 0 radical (unpaired) electrons. The molecule has 3 aliphatic carbocycles. The van der Waals surface area contributed by atoms with Crippen molar-refractivity contribution in [1.82, 2.24) is 24.5 Å². The first kappa shape index (κ1) is 26.9. The van der Waals surface area contributed by atoms with Gasteiger partial charge < -0.3 is 14.7 Å². The van der Waals surface area contributed by atoms with Crippen LogP contribution in [0.5, 0.6) is 0 Å². The minimum atomic E-state index is -0.667. The highest BCUT2D eigenvalue weighted by molar-refractivity contribution is 5.93. The van der Waals surface area contributed by atoms with Crippen LogP contribution >= 0.6 is 0 Å². The maximum atomic E-state index is 14.2. The Morgan fingerprint density at radius 2 is 1.80 bits per heavy atom. The van der Waals surface area contributed by atoms with Gasteiger partial charge in [0.15, 0.2) is 5.82 Å². The van der Waals surface area contributed by atoms with Crippen molar-refractivity contribution in [2.45, 2.75) is 90.5 Å². The second-order valence-corrected chi connectivity index (χ2v) is 12.0. The van der Waals surface area contributed by atoms with E-state index in [0.717, 1.165) is 55.4 Å². The number of aryl methyl sites for hydroxylation is 1. The van der Waals surface area contributed by atoms with Crippen molar-refractivity contribution in [2.75, 3.05) is 0 Å². The summed E-state index contributed by atoms with van der Waals surface area (Å²) in [5.74, 6) is -0.103. The van der Waals surface area contributed by atoms with E-state index in [-0.39, 0.29) is 17.8 Å². The number of pyridine rings is 1. The summed E-state index contributed by atoms with van der Waals surface area (Å²) in [5, 5.41) is 11.8. The minimum Gasteiger partial charge on any atom is -0.481 e. The number of hydrogen-bond donors (Lipinski definition) is 2. The van der Waals surface area contributed by atoms with Gasteiger partial charge in [-0.25, -0.2) is 19.3 Å². The molecule has 0 saturated heterocycles.